The van der Waals surface area contributed by atoms with E-state index < -0.39 is 0 Å². The predicted molar refractivity (Wildman–Crippen MR) is 64.0 cm³/mol. The average molecular weight is 210 g/mol. The van der Waals surface area contributed by atoms with Crippen molar-refractivity contribution in [3.05, 3.63) is 0 Å². The molecular weight excluding hydrogens is 184 g/mol. The van der Waals surface area contributed by atoms with Crippen LogP contribution in [0.15, 0.2) is 5.11 Å². The summed E-state index contributed by atoms with van der Waals surface area (Å²) in [6.07, 6.45) is 0. The topological polar surface area (TPSA) is 36.2 Å². The van der Waals surface area contributed by atoms with Gasteiger partial charge in [-0.05, 0) is 35.5 Å². The molecule has 0 aromatic heterocycles. The molecule has 1 saturated carbocycles. The average Bonchev–Trinajstić information content (AvgIpc) is 2.26. The summed E-state index contributed by atoms with van der Waals surface area (Å²) in [6, 6.07) is 0.163. The van der Waals surface area contributed by atoms with Crippen LogP contribution in [0.4, 0.5) is 0 Å². The van der Waals surface area contributed by atoms with Gasteiger partial charge in [0.1, 0.15) is 0 Å². The maximum absolute atomic E-state index is 7.24. The van der Waals surface area contributed by atoms with Gasteiger partial charge in [-0.3, -0.25) is 0 Å². The zero-order chi connectivity index (χ0) is 12.0. The monoisotopic (exact) mass is 210 g/mol. The van der Waals surface area contributed by atoms with E-state index in [9.17, 15) is 0 Å². The summed E-state index contributed by atoms with van der Waals surface area (Å²) in [5.74, 6) is 1.81. The molecule has 0 bridgehead atoms. The highest BCUT2D eigenvalue weighted by Crippen LogP contribution is 2.62. The highest BCUT2D eigenvalue weighted by atomic mass is 15.0. The van der Waals surface area contributed by atoms with E-state index in [1.807, 2.05) is 0 Å². The largest absolute Gasteiger partial charge is 0.210 e. The molecule has 0 aliphatic heterocycles. The van der Waals surface area contributed by atoms with E-state index >= 15 is 0 Å². The number of nitrogens with zero attached hydrogens (tertiary/aromatic N) is 1. The van der Waals surface area contributed by atoms with Crippen molar-refractivity contribution in [1.82, 2.24) is 0 Å². The molecule has 88 valence electrons. The van der Waals surface area contributed by atoms with Crippen LogP contribution in [0.3, 0.4) is 0 Å². The lowest BCUT2D eigenvalue weighted by atomic mass is 9.65. The van der Waals surface area contributed by atoms with Gasteiger partial charge in [-0.25, -0.2) is 5.53 Å². The molecule has 3 unspecified atom stereocenters. The second kappa shape index (κ2) is 3.57. The fourth-order valence-electron chi connectivity index (χ4n) is 3.49. The summed E-state index contributed by atoms with van der Waals surface area (Å²) in [5, 5.41) is 3.75. The summed E-state index contributed by atoms with van der Waals surface area (Å²) in [7, 11) is 0. The van der Waals surface area contributed by atoms with E-state index in [4.69, 9.17) is 5.53 Å². The molecule has 0 saturated heterocycles. The second-order valence-corrected chi connectivity index (χ2v) is 6.47. The van der Waals surface area contributed by atoms with Crippen molar-refractivity contribution in [2.45, 2.75) is 54.5 Å². The van der Waals surface area contributed by atoms with Gasteiger partial charge in [-0.1, -0.05) is 41.5 Å². The first kappa shape index (κ1) is 12.7. The van der Waals surface area contributed by atoms with Gasteiger partial charge in [0.25, 0.3) is 0 Å². The Morgan fingerprint density at radius 1 is 1.00 bits per heavy atom. The second-order valence-electron chi connectivity index (χ2n) is 6.47. The lowest BCUT2D eigenvalue weighted by Gasteiger charge is -2.40. The Hall–Kier alpha value is -0.400. The molecule has 0 aromatic carbocycles. The lowest BCUT2D eigenvalue weighted by molar-refractivity contribution is 0.0887. The molecule has 1 rings (SSSR count). The molecule has 0 amide bonds. The van der Waals surface area contributed by atoms with Crippen molar-refractivity contribution >= 4 is 0 Å². The molecule has 0 spiro atoms. The van der Waals surface area contributed by atoms with Crippen LogP contribution in [0.2, 0.25) is 0 Å². The fourth-order valence-corrected chi connectivity index (χ4v) is 3.49. The molecule has 0 radical (unpaired) electrons. The van der Waals surface area contributed by atoms with E-state index in [1.165, 1.54) is 0 Å². The van der Waals surface area contributed by atoms with Gasteiger partial charge in [0, 0.05) is 0 Å². The van der Waals surface area contributed by atoms with E-state index in [2.05, 4.69) is 53.6 Å². The van der Waals surface area contributed by atoms with Crippen LogP contribution < -0.4 is 0 Å². The third-order valence-corrected chi connectivity index (χ3v) is 5.85. The van der Waals surface area contributed by atoms with Crippen molar-refractivity contribution in [3.63, 3.8) is 0 Å². The third kappa shape index (κ3) is 1.53. The van der Waals surface area contributed by atoms with E-state index in [0.29, 0.717) is 28.6 Å². The van der Waals surface area contributed by atoms with Crippen LogP contribution in [0, 0.1) is 34.1 Å². The van der Waals surface area contributed by atoms with Crippen LogP contribution in [-0.4, -0.2) is 6.04 Å². The van der Waals surface area contributed by atoms with E-state index in [1.54, 1.807) is 0 Å². The SMILES string of the molecule is CC(N=N)C1C(C)C(C)(C)C(C)(C)C1C. The summed E-state index contributed by atoms with van der Waals surface area (Å²) < 4.78 is 0. The third-order valence-electron chi connectivity index (χ3n) is 5.85. The van der Waals surface area contributed by atoms with Gasteiger partial charge in [-0.15, -0.1) is 0 Å². The highest BCUT2D eigenvalue weighted by Gasteiger charge is 2.57. The molecule has 0 heterocycles. The minimum absolute atomic E-state index is 0.163. The van der Waals surface area contributed by atoms with Crippen molar-refractivity contribution in [3.8, 4) is 0 Å². The molecule has 2 heteroatoms. The van der Waals surface area contributed by atoms with Crippen LogP contribution in [0.25, 0.3) is 0 Å². The maximum Gasteiger partial charge on any atom is 0.0711 e. The van der Waals surface area contributed by atoms with Crippen LogP contribution in [0.5, 0.6) is 0 Å². The minimum atomic E-state index is 0.163. The van der Waals surface area contributed by atoms with Crippen molar-refractivity contribution in [1.29, 1.82) is 5.53 Å². The van der Waals surface area contributed by atoms with Crippen LogP contribution >= 0.6 is 0 Å². The summed E-state index contributed by atoms with van der Waals surface area (Å²) >= 11 is 0. The Balaban J connectivity index is 3.11. The standard InChI is InChI=1S/C13H26N2/c1-8-11(10(3)15-14)9(2)13(6,7)12(8,4)5/h8-11,14H,1-7H3. The molecule has 15 heavy (non-hydrogen) atoms. The van der Waals surface area contributed by atoms with Crippen LogP contribution in [0.1, 0.15) is 48.5 Å². The Labute approximate surface area is 94.3 Å². The van der Waals surface area contributed by atoms with E-state index in [0.717, 1.165) is 0 Å². The first-order valence-electron chi connectivity index (χ1n) is 6.04. The van der Waals surface area contributed by atoms with Gasteiger partial charge in [0.2, 0.25) is 0 Å². The molecule has 1 N–H and O–H groups in total. The zero-order valence-corrected chi connectivity index (χ0v) is 11.3. The van der Waals surface area contributed by atoms with Gasteiger partial charge < -0.3 is 0 Å². The van der Waals surface area contributed by atoms with Gasteiger partial charge >= 0.3 is 0 Å². The van der Waals surface area contributed by atoms with Gasteiger partial charge in [-0.2, -0.15) is 5.11 Å². The number of nitrogens with one attached hydrogen (secondary N) is 1. The molecule has 1 aliphatic carbocycles. The minimum Gasteiger partial charge on any atom is -0.210 e. The number of hydrogen-bond acceptors (Lipinski definition) is 2. The van der Waals surface area contributed by atoms with E-state index in [-0.39, 0.29) is 6.04 Å². The Kier molecular flexibility index (Phi) is 3.01. The molecule has 3 atom stereocenters. The predicted octanol–water partition coefficient (Wildman–Crippen LogP) is 4.36. The molecule has 1 aliphatic rings. The van der Waals surface area contributed by atoms with Crippen molar-refractivity contribution in [2.75, 3.05) is 0 Å². The number of rotatable bonds is 2. The van der Waals surface area contributed by atoms with Crippen molar-refractivity contribution < 1.29 is 0 Å². The fraction of sp³-hybridized carbons (Fsp3) is 1.00. The Morgan fingerprint density at radius 2 is 1.33 bits per heavy atom. The summed E-state index contributed by atoms with van der Waals surface area (Å²) in [5.41, 5.74) is 7.90. The van der Waals surface area contributed by atoms with Crippen LogP contribution in [-0.2, 0) is 0 Å². The molecule has 2 nitrogen and oxygen atoms in total. The first-order chi connectivity index (χ1) is 6.67. The maximum atomic E-state index is 7.24. The first-order valence-corrected chi connectivity index (χ1v) is 6.04. The molecule has 1 fully saturated rings. The normalized spacial score (nSPS) is 40.1. The van der Waals surface area contributed by atoms with Crippen molar-refractivity contribution in [2.24, 2.45) is 33.7 Å². The van der Waals surface area contributed by atoms with Gasteiger partial charge in [0.15, 0.2) is 0 Å². The zero-order valence-electron chi connectivity index (χ0n) is 11.3. The quantitative estimate of drug-likeness (QED) is 0.657. The highest BCUT2D eigenvalue weighted by molar-refractivity contribution is 5.06. The summed E-state index contributed by atoms with van der Waals surface area (Å²) in [4.78, 5) is 0. The smallest absolute Gasteiger partial charge is 0.0711 e. The molecule has 0 aromatic rings. The van der Waals surface area contributed by atoms with Gasteiger partial charge in [0.05, 0.1) is 6.04 Å². The lowest BCUT2D eigenvalue weighted by Crippen LogP contribution is -2.33. The molecular formula is C13H26N2. The number of hydrogen-bond donors (Lipinski definition) is 1. The Morgan fingerprint density at radius 3 is 1.60 bits per heavy atom. The summed E-state index contributed by atoms with van der Waals surface area (Å²) in [6.45, 7) is 16.2. The Bertz CT molecular complexity index is 235.